The summed E-state index contributed by atoms with van der Waals surface area (Å²) in [6, 6.07) is 1.25. The summed E-state index contributed by atoms with van der Waals surface area (Å²) in [5.41, 5.74) is 1.47. The fourth-order valence-corrected chi connectivity index (χ4v) is 2.37. The zero-order chi connectivity index (χ0) is 12.6. The number of anilines is 1. The molecule has 5 nitrogen and oxygen atoms in total. The summed E-state index contributed by atoms with van der Waals surface area (Å²) in [5, 5.41) is 3.42. The van der Waals surface area contributed by atoms with Crippen molar-refractivity contribution in [1.29, 1.82) is 0 Å². The summed E-state index contributed by atoms with van der Waals surface area (Å²) in [7, 11) is 3.27. The third-order valence-corrected chi connectivity index (χ3v) is 3.20. The van der Waals surface area contributed by atoms with Crippen LogP contribution in [0.5, 0.6) is 0 Å². The number of nitrogens with zero attached hydrogens (tertiary/aromatic N) is 3. The molecular weight excluding hydrogens is 283 g/mol. The summed E-state index contributed by atoms with van der Waals surface area (Å²) >= 11 is 13.0. The van der Waals surface area contributed by atoms with Crippen molar-refractivity contribution < 1.29 is 4.79 Å². The zero-order valence-corrected chi connectivity index (χ0v) is 11.3. The smallest absolute Gasteiger partial charge is 0.321 e. The third kappa shape index (κ3) is 2.29. The predicted molar refractivity (Wildman–Crippen MR) is 70.7 cm³/mol. The second-order valence-electron chi connectivity index (χ2n) is 3.50. The Balaban J connectivity index is 2.46. The maximum Gasteiger partial charge on any atom is 0.321 e. The van der Waals surface area contributed by atoms with Crippen molar-refractivity contribution in [3.05, 3.63) is 16.1 Å². The lowest BCUT2D eigenvalue weighted by Gasteiger charge is -2.14. The van der Waals surface area contributed by atoms with Crippen molar-refractivity contribution >= 4 is 57.6 Å². The third-order valence-electron chi connectivity index (χ3n) is 2.08. The van der Waals surface area contributed by atoms with Gasteiger partial charge in [-0.2, -0.15) is 8.73 Å². The first-order valence-corrected chi connectivity index (χ1v) is 6.08. The molecule has 1 aliphatic rings. The molecule has 1 aliphatic heterocycles. The normalized spacial score (nSPS) is 12.0. The number of urea groups is 1. The highest BCUT2D eigenvalue weighted by atomic mass is 35.5. The van der Waals surface area contributed by atoms with E-state index in [1.807, 2.05) is 0 Å². The number of benzene rings is 1. The van der Waals surface area contributed by atoms with Gasteiger partial charge in [0, 0.05) is 14.1 Å². The second-order valence-corrected chi connectivity index (χ2v) is 4.84. The minimum atomic E-state index is -0.288. The lowest BCUT2D eigenvalue weighted by molar-refractivity contribution is 0.230. The molecule has 0 aromatic heterocycles. The van der Waals surface area contributed by atoms with Crippen LogP contribution in [0, 0.1) is 0 Å². The van der Waals surface area contributed by atoms with Crippen molar-refractivity contribution in [2.45, 2.75) is 0 Å². The Morgan fingerprint density at radius 3 is 2.59 bits per heavy atom. The molecule has 0 atom stereocenters. The number of hydrogen-bond acceptors (Lipinski definition) is 3. The first-order valence-electron chi connectivity index (χ1n) is 4.59. The molecule has 0 fully saturated rings. The maximum absolute atomic E-state index is 11.6. The molecule has 0 saturated carbocycles. The summed E-state index contributed by atoms with van der Waals surface area (Å²) in [6.45, 7) is 0. The van der Waals surface area contributed by atoms with E-state index >= 15 is 0 Å². The van der Waals surface area contributed by atoms with Gasteiger partial charge in [0.1, 0.15) is 11.4 Å². The fraction of sp³-hybridized carbons (Fsp3) is 0.222. The van der Waals surface area contributed by atoms with Crippen LogP contribution in [-0.2, 0) is 11.4 Å². The molecule has 0 bridgehead atoms. The Kier molecular flexibility index (Phi) is 3.37. The molecule has 90 valence electrons. The number of fused-ring (bicyclic) bond motifs is 1. The fourth-order valence-electron chi connectivity index (χ4n) is 1.21. The highest BCUT2D eigenvalue weighted by Crippen LogP contribution is 2.47. The van der Waals surface area contributed by atoms with Gasteiger partial charge in [-0.3, -0.25) is 0 Å². The average molecular weight is 291 g/mol. The standard InChI is InChI=1S/C9H8Cl2N4OS/c1-15(2)9(16)12-6-4(10)3-5(11)7-8(6)14-17-13-7/h3H,1-2H3,(H,12,16). The van der Waals surface area contributed by atoms with Crippen LogP contribution in [-0.4, -0.2) is 25.0 Å². The largest absolute Gasteiger partial charge is 0.331 e. The topological polar surface area (TPSA) is 57.1 Å². The molecule has 1 aromatic carbocycles. The van der Waals surface area contributed by atoms with E-state index in [1.54, 1.807) is 14.1 Å². The number of halogens is 2. The van der Waals surface area contributed by atoms with Crippen LogP contribution in [0.1, 0.15) is 0 Å². The van der Waals surface area contributed by atoms with E-state index in [0.717, 1.165) is 11.4 Å². The van der Waals surface area contributed by atoms with E-state index in [0.29, 0.717) is 27.1 Å². The van der Waals surface area contributed by atoms with Crippen molar-refractivity contribution in [2.24, 2.45) is 8.73 Å². The molecule has 0 radical (unpaired) electrons. The Bertz CT molecular complexity index is 567. The summed E-state index contributed by atoms with van der Waals surface area (Å²) in [6.07, 6.45) is 0. The first-order chi connectivity index (χ1) is 8.00. The van der Waals surface area contributed by atoms with Crippen LogP contribution in [0.4, 0.5) is 21.9 Å². The number of hydrogen-bond donors (Lipinski definition) is 1. The average Bonchev–Trinajstić information content (AvgIpc) is 2.72. The Morgan fingerprint density at radius 2 is 1.94 bits per heavy atom. The molecule has 0 spiro atoms. The van der Waals surface area contributed by atoms with Gasteiger partial charge in [-0.25, -0.2) is 4.79 Å². The van der Waals surface area contributed by atoms with Crippen molar-refractivity contribution in [1.82, 2.24) is 4.90 Å². The van der Waals surface area contributed by atoms with E-state index in [1.165, 1.54) is 11.0 Å². The Morgan fingerprint density at radius 1 is 1.29 bits per heavy atom. The SMILES string of the molecule is CN(C)C(=O)Nc1c(Cl)cc(Cl)c2c1N=S=N2. The van der Waals surface area contributed by atoms with Gasteiger partial charge >= 0.3 is 6.03 Å². The molecule has 8 heteroatoms. The van der Waals surface area contributed by atoms with Gasteiger partial charge in [0.2, 0.25) is 0 Å². The molecule has 1 aromatic rings. The molecule has 2 amide bonds. The number of nitrogens with one attached hydrogen (secondary N) is 1. The van der Waals surface area contributed by atoms with E-state index in [9.17, 15) is 4.79 Å². The van der Waals surface area contributed by atoms with Gasteiger partial charge in [0.15, 0.2) is 0 Å². The molecule has 17 heavy (non-hydrogen) atoms. The highest BCUT2D eigenvalue weighted by Gasteiger charge is 2.20. The molecule has 2 rings (SSSR count). The zero-order valence-electron chi connectivity index (χ0n) is 8.99. The van der Waals surface area contributed by atoms with Gasteiger partial charge < -0.3 is 10.2 Å². The summed E-state index contributed by atoms with van der Waals surface area (Å²) in [5.74, 6) is 0. The molecule has 0 unspecified atom stereocenters. The lowest BCUT2D eigenvalue weighted by Crippen LogP contribution is -2.27. The summed E-state index contributed by atoms with van der Waals surface area (Å²) < 4.78 is 8.13. The van der Waals surface area contributed by atoms with Gasteiger partial charge in [-0.15, -0.1) is 0 Å². The molecule has 1 N–H and O–H groups in total. The Labute approximate surface area is 112 Å². The van der Waals surface area contributed by atoms with Crippen LogP contribution in [0.3, 0.4) is 0 Å². The monoisotopic (exact) mass is 290 g/mol. The minimum absolute atomic E-state index is 0.288. The van der Waals surface area contributed by atoms with Crippen LogP contribution in [0.25, 0.3) is 0 Å². The molecule has 0 aliphatic carbocycles. The van der Waals surface area contributed by atoms with Crippen LogP contribution >= 0.6 is 23.2 Å². The van der Waals surface area contributed by atoms with Gasteiger partial charge in [0.05, 0.1) is 27.1 Å². The van der Waals surface area contributed by atoms with Gasteiger partial charge in [0.25, 0.3) is 0 Å². The predicted octanol–water partition coefficient (Wildman–Crippen LogP) is 3.81. The number of carbonyl (C=O) groups excluding carboxylic acids is 1. The van der Waals surface area contributed by atoms with Gasteiger partial charge in [-0.05, 0) is 6.07 Å². The number of carbonyl (C=O) groups is 1. The van der Waals surface area contributed by atoms with Crippen molar-refractivity contribution in [3.8, 4) is 0 Å². The van der Waals surface area contributed by atoms with Crippen LogP contribution in [0.15, 0.2) is 14.8 Å². The second kappa shape index (κ2) is 4.64. The van der Waals surface area contributed by atoms with Crippen LogP contribution in [0.2, 0.25) is 10.0 Å². The Hall–Kier alpha value is -1.11. The van der Waals surface area contributed by atoms with Crippen molar-refractivity contribution in [3.63, 3.8) is 0 Å². The van der Waals surface area contributed by atoms with E-state index in [4.69, 9.17) is 23.2 Å². The maximum atomic E-state index is 11.6. The van der Waals surface area contributed by atoms with E-state index < -0.39 is 0 Å². The van der Waals surface area contributed by atoms with Gasteiger partial charge in [-0.1, -0.05) is 23.2 Å². The minimum Gasteiger partial charge on any atom is -0.331 e. The van der Waals surface area contributed by atoms with E-state index in [-0.39, 0.29) is 6.03 Å². The number of rotatable bonds is 1. The summed E-state index contributed by atoms with van der Waals surface area (Å²) in [4.78, 5) is 13.0. The first kappa shape index (κ1) is 12.3. The molecule has 0 saturated heterocycles. The number of amides is 2. The highest BCUT2D eigenvalue weighted by molar-refractivity contribution is 7.58. The van der Waals surface area contributed by atoms with Crippen molar-refractivity contribution in [2.75, 3.05) is 19.4 Å². The van der Waals surface area contributed by atoms with E-state index in [2.05, 4.69) is 14.0 Å². The quantitative estimate of drug-likeness (QED) is 0.853. The molecular formula is C9H8Cl2N4OS. The van der Waals surface area contributed by atoms with Crippen LogP contribution < -0.4 is 5.32 Å². The lowest BCUT2D eigenvalue weighted by atomic mass is 10.2. The molecule has 1 heterocycles.